The van der Waals surface area contributed by atoms with Crippen LogP contribution in [0.1, 0.15) is 32.1 Å². The molecule has 138 valence electrons. The van der Waals surface area contributed by atoms with Crippen molar-refractivity contribution in [1.29, 1.82) is 0 Å². The van der Waals surface area contributed by atoms with Gasteiger partial charge in [-0.3, -0.25) is 0 Å². The fraction of sp³-hybridized carbons (Fsp3) is 0.526. The van der Waals surface area contributed by atoms with Crippen molar-refractivity contribution in [1.82, 2.24) is 4.90 Å². The molecule has 1 aromatic rings. The Kier molecular flexibility index (Phi) is 6.98. The zero-order chi connectivity index (χ0) is 18.2. The number of carbonyl (C=O) groups excluding carboxylic acids is 1. The number of carbonyl (C=O) groups is 1. The summed E-state index contributed by atoms with van der Waals surface area (Å²) in [5.41, 5.74) is 0.601. The summed E-state index contributed by atoms with van der Waals surface area (Å²) in [5.74, 6) is 1.51. The fourth-order valence-electron chi connectivity index (χ4n) is 3.28. The van der Waals surface area contributed by atoms with E-state index in [4.69, 9.17) is 14.2 Å². The predicted octanol–water partition coefficient (Wildman–Crippen LogP) is 4.07. The highest BCUT2D eigenvalue weighted by Gasteiger charge is 2.25. The van der Waals surface area contributed by atoms with Gasteiger partial charge in [0.25, 0.3) is 0 Å². The summed E-state index contributed by atoms with van der Waals surface area (Å²) in [5, 5.41) is 2.95. The molecule has 2 rings (SSSR count). The first-order valence-electron chi connectivity index (χ1n) is 8.63. The zero-order valence-corrected chi connectivity index (χ0v) is 15.3. The quantitative estimate of drug-likeness (QED) is 0.755. The van der Waals surface area contributed by atoms with Crippen LogP contribution in [0.2, 0.25) is 0 Å². The second-order valence-electron chi connectivity index (χ2n) is 6.08. The van der Waals surface area contributed by atoms with E-state index in [1.165, 1.54) is 6.42 Å². The third kappa shape index (κ3) is 4.59. The van der Waals surface area contributed by atoms with E-state index < -0.39 is 0 Å². The lowest BCUT2D eigenvalue weighted by atomic mass is 9.94. The lowest BCUT2D eigenvalue weighted by Gasteiger charge is -2.33. The van der Waals surface area contributed by atoms with Crippen LogP contribution in [-0.2, 0) is 0 Å². The summed E-state index contributed by atoms with van der Waals surface area (Å²) in [7, 11) is 4.65. The second kappa shape index (κ2) is 9.20. The van der Waals surface area contributed by atoms with Crippen molar-refractivity contribution in [3.8, 4) is 17.2 Å². The van der Waals surface area contributed by atoms with Crippen LogP contribution < -0.4 is 19.5 Å². The molecule has 1 N–H and O–H groups in total. The molecule has 1 aromatic carbocycles. The van der Waals surface area contributed by atoms with E-state index in [1.807, 2.05) is 4.90 Å². The highest BCUT2D eigenvalue weighted by Crippen LogP contribution is 2.40. The maximum Gasteiger partial charge on any atom is 0.322 e. The number of benzene rings is 1. The van der Waals surface area contributed by atoms with Gasteiger partial charge in [0, 0.05) is 24.7 Å². The van der Waals surface area contributed by atoms with Crippen molar-refractivity contribution in [2.24, 2.45) is 0 Å². The summed E-state index contributed by atoms with van der Waals surface area (Å²) in [6.07, 6.45) is 7.41. The van der Waals surface area contributed by atoms with Crippen molar-refractivity contribution >= 4 is 11.7 Å². The van der Waals surface area contributed by atoms with E-state index >= 15 is 0 Å². The minimum Gasteiger partial charge on any atom is -0.493 e. The molecule has 0 atom stereocenters. The van der Waals surface area contributed by atoms with E-state index in [-0.39, 0.29) is 12.1 Å². The fourth-order valence-corrected chi connectivity index (χ4v) is 3.28. The van der Waals surface area contributed by atoms with E-state index in [1.54, 1.807) is 39.5 Å². The van der Waals surface area contributed by atoms with Gasteiger partial charge >= 0.3 is 6.03 Å². The molecule has 25 heavy (non-hydrogen) atoms. The number of ether oxygens (including phenoxy) is 3. The molecule has 6 nitrogen and oxygen atoms in total. The van der Waals surface area contributed by atoms with Gasteiger partial charge in [0.05, 0.1) is 27.0 Å². The van der Waals surface area contributed by atoms with E-state index in [0.29, 0.717) is 29.5 Å². The molecule has 1 aliphatic carbocycles. The molecule has 0 bridgehead atoms. The van der Waals surface area contributed by atoms with Crippen LogP contribution in [0.3, 0.4) is 0 Å². The molecule has 6 heteroatoms. The summed E-state index contributed by atoms with van der Waals surface area (Å²) in [6.45, 7) is 4.31. The highest BCUT2D eigenvalue weighted by atomic mass is 16.5. The maximum atomic E-state index is 12.8. The minimum absolute atomic E-state index is 0.138. The van der Waals surface area contributed by atoms with Crippen LogP contribution in [0.4, 0.5) is 10.5 Å². The Morgan fingerprint density at radius 2 is 1.76 bits per heavy atom. The summed E-state index contributed by atoms with van der Waals surface area (Å²) >= 11 is 0. The number of nitrogens with one attached hydrogen (secondary N) is 1. The Morgan fingerprint density at radius 3 is 2.24 bits per heavy atom. The molecule has 0 aliphatic heterocycles. The first-order valence-corrected chi connectivity index (χ1v) is 8.63. The summed E-state index contributed by atoms with van der Waals surface area (Å²) in [4.78, 5) is 14.7. The van der Waals surface area contributed by atoms with Gasteiger partial charge in [-0.1, -0.05) is 25.3 Å². The monoisotopic (exact) mass is 348 g/mol. The number of methoxy groups -OCH3 is 3. The number of hydrogen-bond acceptors (Lipinski definition) is 4. The van der Waals surface area contributed by atoms with Crippen molar-refractivity contribution in [2.75, 3.05) is 33.2 Å². The summed E-state index contributed by atoms with van der Waals surface area (Å²) < 4.78 is 16.0. The Bertz CT molecular complexity index is 572. The van der Waals surface area contributed by atoms with Crippen molar-refractivity contribution in [3.05, 3.63) is 24.8 Å². The molecular weight excluding hydrogens is 320 g/mol. The number of urea groups is 1. The number of anilines is 1. The van der Waals surface area contributed by atoms with Crippen LogP contribution in [0.25, 0.3) is 0 Å². The molecule has 0 aromatic heterocycles. The molecule has 0 heterocycles. The van der Waals surface area contributed by atoms with Crippen molar-refractivity contribution < 1.29 is 19.0 Å². The average molecular weight is 348 g/mol. The molecule has 1 aliphatic rings. The Morgan fingerprint density at radius 1 is 1.16 bits per heavy atom. The number of amides is 2. The molecule has 0 radical (unpaired) electrons. The third-order valence-electron chi connectivity index (χ3n) is 4.52. The second-order valence-corrected chi connectivity index (χ2v) is 6.08. The minimum atomic E-state index is -0.138. The van der Waals surface area contributed by atoms with E-state index in [0.717, 1.165) is 25.7 Å². The Labute approximate surface area is 149 Å². The lowest BCUT2D eigenvalue weighted by molar-refractivity contribution is 0.176. The highest BCUT2D eigenvalue weighted by molar-refractivity contribution is 5.90. The Balaban J connectivity index is 2.20. The topological polar surface area (TPSA) is 60.0 Å². The Hall–Kier alpha value is -2.37. The van der Waals surface area contributed by atoms with Gasteiger partial charge in [0.15, 0.2) is 11.5 Å². The van der Waals surface area contributed by atoms with Gasteiger partial charge in [-0.05, 0) is 12.8 Å². The molecule has 0 unspecified atom stereocenters. The molecule has 1 fully saturated rings. The van der Waals surface area contributed by atoms with Crippen LogP contribution in [0.5, 0.6) is 17.2 Å². The van der Waals surface area contributed by atoms with Crippen LogP contribution in [-0.4, -0.2) is 44.8 Å². The normalized spacial score (nSPS) is 14.5. The van der Waals surface area contributed by atoms with Gasteiger partial charge in [0.2, 0.25) is 5.75 Å². The van der Waals surface area contributed by atoms with E-state index in [9.17, 15) is 4.79 Å². The van der Waals surface area contributed by atoms with Gasteiger partial charge < -0.3 is 24.4 Å². The third-order valence-corrected chi connectivity index (χ3v) is 4.52. The number of nitrogens with zero attached hydrogens (tertiary/aromatic N) is 1. The predicted molar refractivity (Wildman–Crippen MR) is 98.9 cm³/mol. The molecule has 0 saturated heterocycles. The smallest absolute Gasteiger partial charge is 0.322 e. The SMILES string of the molecule is C=CCN(C(=O)Nc1cc(OC)c(OC)c(OC)c1)C1CCCCC1. The van der Waals surface area contributed by atoms with Crippen molar-refractivity contribution in [3.63, 3.8) is 0 Å². The largest absolute Gasteiger partial charge is 0.493 e. The standard InChI is InChI=1S/C19H28N2O4/c1-5-11-21(15-9-7-6-8-10-15)19(22)20-14-12-16(23-2)18(25-4)17(13-14)24-3/h5,12-13,15H,1,6-11H2,2-4H3,(H,20,22). The van der Waals surface area contributed by atoms with Gasteiger partial charge in [0.1, 0.15) is 0 Å². The van der Waals surface area contributed by atoms with E-state index in [2.05, 4.69) is 11.9 Å². The maximum absolute atomic E-state index is 12.8. The summed E-state index contributed by atoms with van der Waals surface area (Å²) in [6, 6.07) is 3.58. The van der Waals surface area contributed by atoms with Gasteiger partial charge in [-0.2, -0.15) is 0 Å². The molecular formula is C19H28N2O4. The van der Waals surface area contributed by atoms with Crippen LogP contribution in [0.15, 0.2) is 24.8 Å². The molecule has 2 amide bonds. The molecule has 1 saturated carbocycles. The van der Waals surface area contributed by atoms with Gasteiger partial charge in [-0.15, -0.1) is 6.58 Å². The number of rotatable bonds is 7. The molecule has 0 spiro atoms. The first kappa shape index (κ1) is 19.0. The first-order chi connectivity index (χ1) is 12.1. The lowest BCUT2D eigenvalue weighted by Crippen LogP contribution is -2.43. The number of hydrogen-bond donors (Lipinski definition) is 1. The average Bonchev–Trinajstić information content (AvgIpc) is 2.65. The van der Waals surface area contributed by atoms with Crippen LogP contribution in [0, 0.1) is 0 Å². The van der Waals surface area contributed by atoms with Gasteiger partial charge in [-0.25, -0.2) is 4.79 Å². The van der Waals surface area contributed by atoms with Crippen molar-refractivity contribution in [2.45, 2.75) is 38.1 Å². The van der Waals surface area contributed by atoms with Crippen LogP contribution >= 0.6 is 0 Å². The zero-order valence-electron chi connectivity index (χ0n) is 15.3.